The maximum absolute atomic E-state index is 11.5. The average molecular weight is 202 g/mol. The average Bonchev–Trinajstić information content (AvgIpc) is 2.74. The molecule has 0 unspecified atom stereocenters. The molecule has 0 fully saturated rings. The molecule has 2 rings (SSSR count). The molecule has 2 heterocycles. The van der Waals surface area contributed by atoms with Crippen molar-refractivity contribution in [3.8, 4) is 0 Å². The van der Waals surface area contributed by atoms with E-state index in [0.717, 1.165) is 5.56 Å². The Bertz CT molecular complexity index is 447. The van der Waals surface area contributed by atoms with Crippen LogP contribution in [0.4, 0.5) is 5.82 Å². The first-order chi connectivity index (χ1) is 7.25. The molecule has 5 nitrogen and oxygen atoms in total. The van der Waals surface area contributed by atoms with Crippen molar-refractivity contribution in [1.82, 2.24) is 15.2 Å². The van der Waals surface area contributed by atoms with Crippen molar-refractivity contribution in [2.75, 3.05) is 5.32 Å². The first-order valence-corrected chi connectivity index (χ1v) is 4.49. The van der Waals surface area contributed by atoms with E-state index in [1.807, 2.05) is 13.0 Å². The number of aromatic nitrogens is 3. The fourth-order valence-electron chi connectivity index (χ4n) is 1.11. The van der Waals surface area contributed by atoms with E-state index in [4.69, 9.17) is 0 Å². The van der Waals surface area contributed by atoms with E-state index < -0.39 is 0 Å². The van der Waals surface area contributed by atoms with Gasteiger partial charge in [0, 0.05) is 12.4 Å². The van der Waals surface area contributed by atoms with Gasteiger partial charge in [0.1, 0.15) is 11.5 Å². The number of carbonyl (C=O) groups excluding carboxylic acids is 1. The molecular formula is C10H10N4O. The Labute approximate surface area is 86.5 Å². The Hall–Kier alpha value is -2.17. The molecule has 5 heteroatoms. The summed E-state index contributed by atoms with van der Waals surface area (Å²) in [6.45, 7) is 1.94. The Kier molecular flexibility index (Phi) is 2.45. The number of carbonyl (C=O) groups is 1. The summed E-state index contributed by atoms with van der Waals surface area (Å²) in [5.74, 6) is 0.282. The predicted molar refractivity (Wildman–Crippen MR) is 55.5 cm³/mol. The van der Waals surface area contributed by atoms with Gasteiger partial charge in [0.15, 0.2) is 0 Å². The number of aromatic amines is 1. The monoisotopic (exact) mass is 202 g/mol. The zero-order valence-corrected chi connectivity index (χ0v) is 8.19. The molecule has 0 radical (unpaired) electrons. The smallest absolute Gasteiger partial charge is 0.274 e. The number of rotatable bonds is 2. The van der Waals surface area contributed by atoms with Crippen molar-refractivity contribution in [1.29, 1.82) is 0 Å². The van der Waals surface area contributed by atoms with Crippen LogP contribution in [0, 0.1) is 6.92 Å². The van der Waals surface area contributed by atoms with Crippen LogP contribution in [0.1, 0.15) is 16.1 Å². The van der Waals surface area contributed by atoms with E-state index in [-0.39, 0.29) is 5.91 Å². The fraction of sp³-hybridized carbons (Fsp3) is 0.100. The molecular weight excluding hydrogens is 192 g/mol. The third-order valence-corrected chi connectivity index (χ3v) is 1.90. The van der Waals surface area contributed by atoms with Crippen LogP contribution in [0.25, 0.3) is 0 Å². The molecule has 0 aliphatic carbocycles. The van der Waals surface area contributed by atoms with E-state index in [1.165, 1.54) is 6.20 Å². The third kappa shape index (κ3) is 2.19. The van der Waals surface area contributed by atoms with Crippen molar-refractivity contribution >= 4 is 11.7 Å². The Morgan fingerprint density at radius 3 is 2.87 bits per heavy atom. The van der Waals surface area contributed by atoms with Gasteiger partial charge in [0.25, 0.3) is 5.91 Å². The van der Waals surface area contributed by atoms with Crippen LogP contribution in [0.3, 0.4) is 0 Å². The number of nitrogens with one attached hydrogen (secondary N) is 2. The number of H-pyrrole nitrogens is 1. The van der Waals surface area contributed by atoms with Gasteiger partial charge in [0.2, 0.25) is 0 Å². The third-order valence-electron chi connectivity index (χ3n) is 1.90. The second-order valence-corrected chi connectivity index (χ2v) is 3.15. The molecule has 76 valence electrons. The molecule has 0 spiro atoms. The molecule has 0 aromatic carbocycles. The van der Waals surface area contributed by atoms with Gasteiger partial charge in [-0.15, -0.1) is 0 Å². The van der Waals surface area contributed by atoms with E-state index >= 15 is 0 Å². The summed E-state index contributed by atoms with van der Waals surface area (Å²) < 4.78 is 0. The molecule has 1 amide bonds. The van der Waals surface area contributed by atoms with Gasteiger partial charge in [-0.1, -0.05) is 6.07 Å². The van der Waals surface area contributed by atoms with E-state index in [0.29, 0.717) is 11.5 Å². The van der Waals surface area contributed by atoms with Gasteiger partial charge in [0.05, 0.1) is 0 Å². The summed E-state index contributed by atoms with van der Waals surface area (Å²) in [5.41, 5.74) is 1.46. The highest BCUT2D eigenvalue weighted by molar-refractivity contribution is 6.02. The molecule has 0 bridgehead atoms. The van der Waals surface area contributed by atoms with Crippen molar-refractivity contribution in [3.05, 3.63) is 41.9 Å². The van der Waals surface area contributed by atoms with Crippen LogP contribution in [-0.4, -0.2) is 21.1 Å². The SMILES string of the molecule is Cc1ccc(NC(=O)c2ccn[nH]2)nc1. The lowest BCUT2D eigenvalue weighted by atomic mass is 10.3. The van der Waals surface area contributed by atoms with Crippen LogP contribution in [0.2, 0.25) is 0 Å². The summed E-state index contributed by atoms with van der Waals surface area (Å²) >= 11 is 0. The van der Waals surface area contributed by atoms with Gasteiger partial charge in [-0.25, -0.2) is 4.98 Å². The first-order valence-electron chi connectivity index (χ1n) is 4.49. The van der Waals surface area contributed by atoms with Crippen LogP contribution in [-0.2, 0) is 0 Å². The number of nitrogens with zero attached hydrogens (tertiary/aromatic N) is 2. The standard InChI is InChI=1S/C10H10N4O/c1-7-2-3-9(11-6-7)13-10(15)8-4-5-12-14-8/h2-6H,1H3,(H,12,14)(H,11,13,15). The Morgan fingerprint density at radius 2 is 2.27 bits per heavy atom. The number of hydrogen-bond acceptors (Lipinski definition) is 3. The van der Waals surface area contributed by atoms with Gasteiger partial charge < -0.3 is 5.32 Å². The molecule has 0 aliphatic heterocycles. The maximum Gasteiger partial charge on any atom is 0.274 e. The lowest BCUT2D eigenvalue weighted by Crippen LogP contribution is -2.13. The number of anilines is 1. The lowest BCUT2D eigenvalue weighted by molar-refractivity contribution is 0.102. The molecule has 2 N–H and O–H groups in total. The first kappa shape index (κ1) is 9.39. The molecule has 0 atom stereocenters. The molecule has 0 aliphatic rings. The number of pyridine rings is 1. The normalized spacial score (nSPS) is 9.93. The largest absolute Gasteiger partial charge is 0.305 e. The van der Waals surface area contributed by atoms with Crippen LogP contribution in [0.5, 0.6) is 0 Å². The molecule has 0 saturated carbocycles. The van der Waals surface area contributed by atoms with Crippen molar-refractivity contribution in [3.63, 3.8) is 0 Å². The van der Waals surface area contributed by atoms with Crippen LogP contribution < -0.4 is 5.32 Å². The van der Waals surface area contributed by atoms with Gasteiger partial charge in [-0.05, 0) is 24.6 Å². The minimum absolute atomic E-state index is 0.246. The topological polar surface area (TPSA) is 70.7 Å². The molecule has 0 saturated heterocycles. The maximum atomic E-state index is 11.5. The van der Waals surface area contributed by atoms with Crippen molar-refractivity contribution in [2.24, 2.45) is 0 Å². The number of amides is 1. The second kappa shape index (κ2) is 3.91. The zero-order chi connectivity index (χ0) is 10.7. The minimum atomic E-state index is -0.246. The molecule has 2 aromatic rings. The predicted octanol–water partition coefficient (Wildman–Crippen LogP) is 1.37. The molecule has 2 aromatic heterocycles. The van der Waals surface area contributed by atoms with Gasteiger partial charge in [-0.3, -0.25) is 9.89 Å². The fourth-order valence-corrected chi connectivity index (χ4v) is 1.11. The van der Waals surface area contributed by atoms with Crippen LogP contribution >= 0.6 is 0 Å². The number of hydrogen-bond donors (Lipinski definition) is 2. The quantitative estimate of drug-likeness (QED) is 0.772. The van der Waals surface area contributed by atoms with Gasteiger partial charge >= 0.3 is 0 Å². The summed E-state index contributed by atoms with van der Waals surface area (Å²) in [6.07, 6.45) is 3.22. The zero-order valence-electron chi connectivity index (χ0n) is 8.19. The Balaban J connectivity index is 2.09. The minimum Gasteiger partial charge on any atom is -0.305 e. The summed E-state index contributed by atoms with van der Waals surface area (Å²) in [7, 11) is 0. The van der Waals surface area contributed by atoms with E-state index in [1.54, 1.807) is 18.3 Å². The highest BCUT2D eigenvalue weighted by atomic mass is 16.2. The van der Waals surface area contributed by atoms with E-state index in [9.17, 15) is 4.79 Å². The molecule has 15 heavy (non-hydrogen) atoms. The van der Waals surface area contributed by atoms with Crippen LogP contribution in [0.15, 0.2) is 30.6 Å². The highest BCUT2D eigenvalue weighted by Gasteiger charge is 2.06. The Morgan fingerprint density at radius 1 is 1.40 bits per heavy atom. The summed E-state index contributed by atoms with van der Waals surface area (Å²) in [5, 5.41) is 8.92. The second-order valence-electron chi connectivity index (χ2n) is 3.15. The summed E-state index contributed by atoms with van der Waals surface area (Å²) in [6, 6.07) is 5.24. The van der Waals surface area contributed by atoms with Crippen molar-refractivity contribution in [2.45, 2.75) is 6.92 Å². The van der Waals surface area contributed by atoms with E-state index in [2.05, 4.69) is 20.5 Å². The highest BCUT2D eigenvalue weighted by Crippen LogP contribution is 2.05. The summed E-state index contributed by atoms with van der Waals surface area (Å²) in [4.78, 5) is 15.6. The number of aryl methyl sites for hydroxylation is 1. The van der Waals surface area contributed by atoms with Crippen molar-refractivity contribution < 1.29 is 4.79 Å². The lowest BCUT2D eigenvalue weighted by Gasteiger charge is -2.01. The van der Waals surface area contributed by atoms with Gasteiger partial charge in [-0.2, -0.15) is 5.10 Å².